The number of carbonyl (C=O) groups excluding carboxylic acids is 1. The second-order valence-electron chi connectivity index (χ2n) is 8.46. The lowest BCUT2D eigenvalue weighted by Gasteiger charge is -2.36. The standard InChI is InChI=1S/C23H26F2N6O.H2S/c1-13(2)21-23(32)29-20-14(3)27-19(28-22(20)30(21)4)9-8-15-10-26-31(11-15)12-16-17(24)6-5-7-18(16)25;/h5-7,10-11,13,21H,8-9,12H2,1-4H3,(H,29,32);1H2/t21-;/m0./s1. The van der Waals surface area contributed by atoms with E-state index in [1.165, 1.54) is 22.9 Å². The number of aromatic nitrogens is 4. The Morgan fingerprint density at radius 2 is 1.85 bits per heavy atom. The van der Waals surface area contributed by atoms with Crippen LogP contribution < -0.4 is 10.2 Å². The van der Waals surface area contributed by atoms with Crippen molar-refractivity contribution < 1.29 is 13.6 Å². The molecule has 1 aromatic carbocycles. The molecule has 0 saturated heterocycles. The summed E-state index contributed by atoms with van der Waals surface area (Å²) in [5.41, 5.74) is 2.28. The van der Waals surface area contributed by atoms with Crippen LogP contribution in [0.25, 0.3) is 0 Å². The fraction of sp³-hybridized carbons (Fsp3) is 0.391. The van der Waals surface area contributed by atoms with Crippen LogP contribution in [0, 0.1) is 24.5 Å². The highest BCUT2D eigenvalue weighted by Gasteiger charge is 2.35. The van der Waals surface area contributed by atoms with Crippen molar-refractivity contribution in [3.63, 3.8) is 0 Å². The summed E-state index contributed by atoms with van der Waals surface area (Å²) in [6.45, 7) is 5.89. The highest BCUT2D eigenvalue weighted by atomic mass is 32.1. The molecule has 176 valence electrons. The number of benzene rings is 1. The van der Waals surface area contributed by atoms with Gasteiger partial charge in [-0.1, -0.05) is 19.9 Å². The number of hydrogen-bond acceptors (Lipinski definition) is 5. The van der Waals surface area contributed by atoms with Crippen molar-refractivity contribution in [2.75, 3.05) is 17.3 Å². The third kappa shape index (κ3) is 5.00. The number of fused-ring (bicyclic) bond motifs is 1. The Morgan fingerprint density at radius 1 is 1.15 bits per heavy atom. The Kier molecular flexibility index (Phi) is 7.36. The van der Waals surface area contributed by atoms with Crippen LogP contribution in [0.3, 0.4) is 0 Å². The van der Waals surface area contributed by atoms with E-state index in [1.807, 2.05) is 32.7 Å². The number of carbonyl (C=O) groups is 1. The number of halogens is 2. The zero-order chi connectivity index (χ0) is 23.0. The van der Waals surface area contributed by atoms with Crippen molar-refractivity contribution in [2.24, 2.45) is 5.92 Å². The van der Waals surface area contributed by atoms with Gasteiger partial charge in [-0.15, -0.1) is 0 Å². The van der Waals surface area contributed by atoms with Crippen LogP contribution in [-0.4, -0.2) is 38.7 Å². The van der Waals surface area contributed by atoms with Crippen molar-refractivity contribution in [3.8, 4) is 0 Å². The van der Waals surface area contributed by atoms with Crippen LogP contribution in [0.15, 0.2) is 30.6 Å². The Hall–Kier alpha value is -3.01. The molecule has 1 aliphatic rings. The number of anilines is 2. The summed E-state index contributed by atoms with van der Waals surface area (Å²) >= 11 is 0. The molecule has 0 spiro atoms. The number of amides is 1. The number of nitrogens with one attached hydrogen (secondary N) is 1. The largest absolute Gasteiger partial charge is 0.346 e. The maximum absolute atomic E-state index is 13.9. The fourth-order valence-corrected chi connectivity index (χ4v) is 4.11. The third-order valence-corrected chi connectivity index (χ3v) is 5.72. The van der Waals surface area contributed by atoms with Gasteiger partial charge >= 0.3 is 0 Å². The molecule has 1 N–H and O–H groups in total. The average Bonchev–Trinajstić information content (AvgIpc) is 3.17. The quantitative estimate of drug-likeness (QED) is 0.591. The van der Waals surface area contributed by atoms with Gasteiger partial charge in [0.15, 0.2) is 5.82 Å². The molecule has 1 amide bonds. The molecular weight excluding hydrogens is 446 g/mol. The topological polar surface area (TPSA) is 75.9 Å². The molecule has 0 bridgehead atoms. The smallest absolute Gasteiger partial charge is 0.247 e. The van der Waals surface area contributed by atoms with Crippen LogP contribution in [0.1, 0.15) is 36.5 Å². The minimum atomic E-state index is -0.587. The SMILES string of the molecule is Cc1nc(CCc2cnn(Cc3c(F)cccc3F)c2)nc2c1NC(=O)[C@H](C(C)C)N2C.S. The monoisotopic (exact) mass is 474 g/mol. The maximum Gasteiger partial charge on any atom is 0.247 e. The number of likely N-dealkylation sites (N-methyl/N-ethyl adjacent to an activating group) is 1. The molecule has 10 heteroatoms. The van der Waals surface area contributed by atoms with Crippen LogP contribution in [0.5, 0.6) is 0 Å². The van der Waals surface area contributed by atoms with E-state index in [1.54, 1.807) is 12.4 Å². The van der Waals surface area contributed by atoms with Gasteiger partial charge in [-0.25, -0.2) is 18.7 Å². The van der Waals surface area contributed by atoms with Gasteiger partial charge < -0.3 is 10.2 Å². The van der Waals surface area contributed by atoms with Gasteiger partial charge in [0, 0.05) is 25.2 Å². The molecule has 0 aliphatic carbocycles. The van der Waals surface area contributed by atoms with E-state index in [2.05, 4.69) is 15.4 Å². The molecular formula is C23H28F2N6OS. The van der Waals surface area contributed by atoms with Crippen molar-refractivity contribution in [3.05, 3.63) is 64.9 Å². The molecule has 2 aromatic heterocycles. The van der Waals surface area contributed by atoms with Gasteiger partial charge in [-0.2, -0.15) is 18.6 Å². The number of hydrogen-bond donors (Lipinski definition) is 1. The first-order valence-corrected chi connectivity index (χ1v) is 10.6. The summed E-state index contributed by atoms with van der Waals surface area (Å²) in [4.78, 5) is 23.7. The molecule has 33 heavy (non-hydrogen) atoms. The maximum atomic E-state index is 13.9. The normalized spacial score (nSPS) is 15.3. The van der Waals surface area contributed by atoms with Crippen molar-refractivity contribution in [2.45, 2.75) is 46.2 Å². The lowest BCUT2D eigenvalue weighted by molar-refractivity contribution is -0.118. The third-order valence-electron chi connectivity index (χ3n) is 5.72. The molecule has 7 nitrogen and oxygen atoms in total. The minimum Gasteiger partial charge on any atom is -0.346 e. The van der Waals surface area contributed by atoms with E-state index in [-0.39, 0.29) is 43.5 Å². The average molecular weight is 475 g/mol. The van der Waals surface area contributed by atoms with E-state index in [0.717, 1.165) is 17.1 Å². The van der Waals surface area contributed by atoms with Crippen LogP contribution >= 0.6 is 13.5 Å². The second kappa shape index (κ2) is 9.86. The highest BCUT2D eigenvalue weighted by molar-refractivity contribution is 7.59. The van der Waals surface area contributed by atoms with E-state index < -0.39 is 11.6 Å². The first kappa shape index (κ1) is 24.6. The number of aryl methyl sites for hydroxylation is 3. The second-order valence-corrected chi connectivity index (χ2v) is 8.46. The summed E-state index contributed by atoms with van der Waals surface area (Å²) in [5.74, 6) is 0.299. The molecule has 4 rings (SSSR count). The van der Waals surface area contributed by atoms with E-state index in [4.69, 9.17) is 4.98 Å². The first-order valence-electron chi connectivity index (χ1n) is 10.6. The summed E-state index contributed by atoms with van der Waals surface area (Å²) in [5, 5.41) is 7.18. The Morgan fingerprint density at radius 3 is 2.52 bits per heavy atom. The summed E-state index contributed by atoms with van der Waals surface area (Å²) in [6.07, 6.45) is 4.66. The van der Waals surface area contributed by atoms with Gasteiger partial charge in [0.2, 0.25) is 5.91 Å². The van der Waals surface area contributed by atoms with Crippen molar-refractivity contribution in [1.29, 1.82) is 0 Å². The van der Waals surface area contributed by atoms with Crippen LogP contribution in [0.2, 0.25) is 0 Å². The van der Waals surface area contributed by atoms with E-state index in [0.29, 0.717) is 24.4 Å². The summed E-state index contributed by atoms with van der Waals surface area (Å²) in [7, 11) is 1.88. The molecule has 3 aromatic rings. The van der Waals surface area contributed by atoms with Crippen LogP contribution in [0.4, 0.5) is 20.3 Å². The van der Waals surface area contributed by atoms with Gasteiger partial charge in [0.25, 0.3) is 0 Å². The lowest BCUT2D eigenvalue weighted by atomic mass is 9.99. The highest BCUT2D eigenvalue weighted by Crippen LogP contribution is 2.33. The van der Waals surface area contributed by atoms with Gasteiger partial charge in [-0.3, -0.25) is 9.48 Å². The van der Waals surface area contributed by atoms with Gasteiger partial charge in [-0.05, 0) is 37.0 Å². The molecule has 1 aliphatic heterocycles. The minimum absolute atomic E-state index is 0. The zero-order valence-electron chi connectivity index (χ0n) is 19.1. The number of rotatable bonds is 6. The van der Waals surface area contributed by atoms with E-state index >= 15 is 0 Å². The van der Waals surface area contributed by atoms with Crippen molar-refractivity contribution in [1.82, 2.24) is 19.7 Å². The lowest BCUT2D eigenvalue weighted by Crippen LogP contribution is -2.49. The predicted octanol–water partition coefficient (Wildman–Crippen LogP) is 3.62. The molecule has 0 fully saturated rings. The summed E-state index contributed by atoms with van der Waals surface area (Å²) < 4.78 is 29.3. The Bertz CT molecular complexity index is 1150. The molecule has 0 radical (unpaired) electrons. The number of nitrogens with zero attached hydrogens (tertiary/aromatic N) is 5. The molecule has 0 saturated carbocycles. The Labute approximate surface area is 198 Å². The summed E-state index contributed by atoms with van der Waals surface area (Å²) in [6, 6.07) is 3.53. The Balaban J connectivity index is 0.00000306. The molecule has 1 atom stereocenters. The fourth-order valence-electron chi connectivity index (χ4n) is 4.11. The van der Waals surface area contributed by atoms with Crippen molar-refractivity contribution >= 4 is 30.9 Å². The molecule has 0 unspecified atom stereocenters. The van der Waals surface area contributed by atoms with Crippen LogP contribution in [-0.2, 0) is 24.2 Å². The molecule has 3 heterocycles. The van der Waals surface area contributed by atoms with Gasteiger partial charge in [0.05, 0.1) is 18.4 Å². The zero-order valence-corrected chi connectivity index (χ0v) is 20.1. The predicted molar refractivity (Wildman–Crippen MR) is 128 cm³/mol. The first-order chi connectivity index (χ1) is 15.2. The van der Waals surface area contributed by atoms with Gasteiger partial charge in [0.1, 0.15) is 29.2 Å². The van der Waals surface area contributed by atoms with E-state index in [9.17, 15) is 13.6 Å².